The first kappa shape index (κ1) is 19.5. The van der Waals surface area contributed by atoms with E-state index in [2.05, 4.69) is 44.9 Å². The standard InChI is InChI=1S/C22H26N4O2/c1-16-17(2)28-21(26-16)14-25-22(23-3)24-13-18-9-11-19(12-10-18)15-27-20-7-5-4-6-8-20/h4-12H,13-15H2,1-3H3,(H2,23,24,25). The van der Waals surface area contributed by atoms with E-state index in [1.807, 2.05) is 44.2 Å². The molecular weight excluding hydrogens is 352 g/mol. The van der Waals surface area contributed by atoms with Gasteiger partial charge in [0.1, 0.15) is 18.1 Å². The molecule has 2 aromatic carbocycles. The fraction of sp³-hybridized carbons (Fsp3) is 0.273. The van der Waals surface area contributed by atoms with Crippen molar-refractivity contribution in [3.8, 4) is 5.75 Å². The predicted octanol–water partition coefficient (Wildman–Crippen LogP) is 3.74. The minimum atomic E-state index is 0.490. The maximum absolute atomic E-state index is 5.77. The van der Waals surface area contributed by atoms with Crippen LogP contribution in [0.25, 0.3) is 0 Å². The molecule has 0 aliphatic rings. The zero-order valence-corrected chi connectivity index (χ0v) is 16.5. The van der Waals surface area contributed by atoms with Crippen LogP contribution < -0.4 is 15.4 Å². The molecule has 0 radical (unpaired) electrons. The number of nitrogens with zero attached hydrogens (tertiary/aromatic N) is 2. The molecule has 0 fully saturated rings. The molecule has 1 heterocycles. The molecule has 146 valence electrons. The molecule has 0 aliphatic carbocycles. The lowest BCUT2D eigenvalue weighted by molar-refractivity contribution is 0.306. The van der Waals surface area contributed by atoms with Gasteiger partial charge in [0.15, 0.2) is 5.96 Å². The zero-order chi connectivity index (χ0) is 19.8. The summed E-state index contributed by atoms with van der Waals surface area (Å²) in [7, 11) is 1.74. The SMILES string of the molecule is CN=C(NCc1ccc(COc2ccccc2)cc1)NCc1nc(C)c(C)o1. The summed E-state index contributed by atoms with van der Waals surface area (Å²) < 4.78 is 11.3. The summed E-state index contributed by atoms with van der Waals surface area (Å²) in [4.78, 5) is 8.59. The smallest absolute Gasteiger partial charge is 0.214 e. The van der Waals surface area contributed by atoms with Crippen molar-refractivity contribution < 1.29 is 9.15 Å². The Balaban J connectivity index is 1.45. The molecule has 6 nitrogen and oxygen atoms in total. The second-order valence-electron chi connectivity index (χ2n) is 6.45. The fourth-order valence-electron chi connectivity index (χ4n) is 2.62. The molecule has 0 amide bonds. The zero-order valence-electron chi connectivity index (χ0n) is 16.5. The third-order valence-corrected chi connectivity index (χ3v) is 4.34. The van der Waals surface area contributed by atoms with Crippen molar-refractivity contribution in [2.24, 2.45) is 4.99 Å². The van der Waals surface area contributed by atoms with E-state index >= 15 is 0 Å². The summed E-state index contributed by atoms with van der Waals surface area (Å²) in [5.74, 6) is 3.07. The number of nitrogens with one attached hydrogen (secondary N) is 2. The van der Waals surface area contributed by atoms with Crippen molar-refractivity contribution >= 4 is 5.96 Å². The molecule has 3 aromatic rings. The number of hydrogen-bond acceptors (Lipinski definition) is 4. The van der Waals surface area contributed by atoms with Crippen molar-refractivity contribution in [2.45, 2.75) is 33.5 Å². The van der Waals surface area contributed by atoms with Gasteiger partial charge in [-0.2, -0.15) is 0 Å². The second kappa shape index (κ2) is 9.60. The Morgan fingerprint density at radius 1 is 0.964 bits per heavy atom. The molecule has 0 bridgehead atoms. The largest absolute Gasteiger partial charge is 0.489 e. The van der Waals surface area contributed by atoms with Crippen LogP contribution in [0.15, 0.2) is 64.0 Å². The number of benzene rings is 2. The van der Waals surface area contributed by atoms with Crippen molar-refractivity contribution in [1.82, 2.24) is 15.6 Å². The molecule has 0 atom stereocenters. The molecule has 0 spiro atoms. The minimum absolute atomic E-state index is 0.490. The minimum Gasteiger partial charge on any atom is -0.489 e. The average Bonchev–Trinajstić information content (AvgIpc) is 3.05. The van der Waals surface area contributed by atoms with E-state index in [-0.39, 0.29) is 0 Å². The van der Waals surface area contributed by atoms with Gasteiger partial charge in [-0.3, -0.25) is 4.99 Å². The van der Waals surface area contributed by atoms with Crippen LogP contribution in [0.2, 0.25) is 0 Å². The van der Waals surface area contributed by atoms with Gasteiger partial charge in [-0.25, -0.2) is 4.98 Å². The Bertz CT molecular complexity index is 883. The molecule has 0 saturated heterocycles. The van der Waals surface area contributed by atoms with E-state index in [1.165, 1.54) is 0 Å². The monoisotopic (exact) mass is 378 g/mol. The topological polar surface area (TPSA) is 71.7 Å². The van der Waals surface area contributed by atoms with Gasteiger partial charge in [-0.1, -0.05) is 42.5 Å². The number of rotatable bonds is 7. The number of guanidine groups is 1. The molecule has 2 N–H and O–H groups in total. The van der Waals surface area contributed by atoms with E-state index in [0.717, 1.165) is 28.3 Å². The summed E-state index contributed by atoms with van der Waals surface area (Å²) in [6.07, 6.45) is 0. The van der Waals surface area contributed by atoms with E-state index in [0.29, 0.717) is 31.5 Å². The lowest BCUT2D eigenvalue weighted by Gasteiger charge is -2.11. The van der Waals surface area contributed by atoms with Gasteiger partial charge in [-0.15, -0.1) is 0 Å². The Morgan fingerprint density at radius 3 is 2.29 bits per heavy atom. The summed E-state index contributed by atoms with van der Waals surface area (Å²) >= 11 is 0. The molecule has 6 heteroatoms. The first-order chi connectivity index (χ1) is 13.6. The average molecular weight is 378 g/mol. The number of ether oxygens (including phenoxy) is 1. The van der Waals surface area contributed by atoms with Crippen LogP contribution in [0.5, 0.6) is 5.75 Å². The Labute approximate surface area is 165 Å². The van der Waals surface area contributed by atoms with Crippen LogP contribution in [0.1, 0.15) is 28.5 Å². The molecule has 0 saturated carbocycles. The van der Waals surface area contributed by atoms with Gasteiger partial charge in [0, 0.05) is 13.6 Å². The quantitative estimate of drug-likeness (QED) is 0.484. The van der Waals surface area contributed by atoms with Crippen molar-refractivity contribution in [3.05, 3.63) is 83.1 Å². The maximum atomic E-state index is 5.77. The third-order valence-electron chi connectivity index (χ3n) is 4.34. The highest BCUT2D eigenvalue weighted by atomic mass is 16.5. The fourth-order valence-corrected chi connectivity index (χ4v) is 2.62. The Kier molecular flexibility index (Phi) is 6.68. The number of para-hydroxylation sites is 1. The van der Waals surface area contributed by atoms with Crippen LogP contribution in [0, 0.1) is 13.8 Å². The van der Waals surface area contributed by atoms with Crippen molar-refractivity contribution in [2.75, 3.05) is 7.05 Å². The maximum Gasteiger partial charge on any atom is 0.214 e. The van der Waals surface area contributed by atoms with Crippen molar-refractivity contribution in [3.63, 3.8) is 0 Å². The summed E-state index contributed by atoms with van der Waals surface area (Å²) in [6, 6.07) is 18.2. The van der Waals surface area contributed by atoms with Gasteiger partial charge in [0.05, 0.1) is 12.2 Å². The van der Waals surface area contributed by atoms with Gasteiger partial charge in [0.25, 0.3) is 0 Å². The molecule has 0 unspecified atom stereocenters. The first-order valence-corrected chi connectivity index (χ1v) is 9.27. The van der Waals surface area contributed by atoms with Crippen LogP contribution in [-0.2, 0) is 19.7 Å². The Hall–Kier alpha value is -3.28. The van der Waals surface area contributed by atoms with Gasteiger partial charge in [0.2, 0.25) is 5.89 Å². The molecule has 0 aliphatic heterocycles. The number of aromatic nitrogens is 1. The highest BCUT2D eigenvalue weighted by Gasteiger charge is 2.06. The van der Waals surface area contributed by atoms with Gasteiger partial charge < -0.3 is 19.8 Å². The molecule has 1 aromatic heterocycles. The number of oxazole rings is 1. The normalized spacial score (nSPS) is 11.3. The highest BCUT2D eigenvalue weighted by Crippen LogP contribution is 2.12. The lowest BCUT2D eigenvalue weighted by atomic mass is 10.1. The number of aliphatic imine (C=N–C) groups is 1. The van der Waals surface area contributed by atoms with E-state index in [1.54, 1.807) is 7.05 Å². The van der Waals surface area contributed by atoms with E-state index in [9.17, 15) is 0 Å². The molecule has 28 heavy (non-hydrogen) atoms. The lowest BCUT2D eigenvalue weighted by Crippen LogP contribution is -2.36. The second-order valence-corrected chi connectivity index (χ2v) is 6.45. The van der Waals surface area contributed by atoms with Crippen LogP contribution in [0.3, 0.4) is 0 Å². The summed E-state index contributed by atoms with van der Waals surface area (Å²) in [5, 5.41) is 6.50. The number of aryl methyl sites for hydroxylation is 2. The predicted molar refractivity (Wildman–Crippen MR) is 110 cm³/mol. The number of hydrogen-bond donors (Lipinski definition) is 2. The third kappa shape index (κ3) is 5.61. The summed E-state index contributed by atoms with van der Waals surface area (Å²) in [6.45, 7) is 5.56. The van der Waals surface area contributed by atoms with E-state index < -0.39 is 0 Å². The Morgan fingerprint density at radius 2 is 1.64 bits per heavy atom. The van der Waals surface area contributed by atoms with Crippen LogP contribution >= 0.6 is 0 Å². The van der Waals surface area contributed by atoms with E-state index in [4.69, 9.17) is 9.15 Å². The summed E-state index contributed by atoms with van der Waals surface area (Å²) in [5.41, 5.74) is 3.20. The highest BCUT2D eigenvalue weighted by molar-refractivity contribution is 5.79. The van der Waals surface area contributed by atoms with Crippen LogP contribution in [-0.4, -0.2) is 18.0 Å². The molecule has 3 rings (SSSR count). The van der Waals surface area contributed by atoms with Crippen LogP contribution in [0.4, 0.5) is 0 Å². The van der Waals surface area contributed by atoms with Gasteiger partial charge in [-0.05, 0) is 37.1 Å². The van der Waals surface area contributed by atoms with Crippen molar-refractivity contribution in [1.29, 1.82) is 0 Å². The first-order valence-electron chi connectivity index (χ1n) is 9.27. The molecular formula is C22H26N4O2. The van der Waals surface area contributed by atoms with Gasteiger partial charge >= 0.3 is 0 Å².